The van der Waals surface area contributed by atoms with Crippen LogP contribution in [0.5, 0.6) is 17.2 Å². The zero-order valence-electron chi connectivity index (χ0n) is 7.15. The molecule has 1 atom stereocenters. The van der Waals surface area contributed by atoms with E-state index in [2.05, 4.69) is 0 Å². The molecule has 4 nitrogen and oxygen atoms in total. The van der Waals surface area contributed by atoms with Crippen molar-refractivity contribution in [2.24, 2.45) is 0 Å². The van der Waals surface area contributed by atoms with E-state index < -0.39 is 6.10 Å². The predicted molar refractivity (Wildman–Crippen MR) is 45.1 cm³/mol. The molecule has 1 aliphatic rings. The molecule has 0 bridgehead atoms. The van der Waals surface area contributed by atoms with E-state index in [1.165, 1.54) is 13.2 Å². The molecule has 2 N–H and O–H groups in total. The monoisotopic (exact) mass is 182 g/mol. The Hall–Kier alpha value is -1.42. The van der Waals surface area contributed by atoms with Crippen LogP contribution in [-0.4, -0.2) is 23.9 Å². The number of benzene rings is 1. The summed E-state index contributed by atoms with van der Waals surface area (Å²) in [5, 5.41) is 18.9. The Balaban J connectivity index is 2.53. The van der Waals surface area contributed by atoms with Gasteiger partial charge >= 0.3 is 0 Å². The number of aliphatic hydroxyl groups excluding tert-OH is 1. The molecule has 1 aliphatic heterocycles. The summed E-state index contributed by atoms with van der Waals surface area (Å²) in [5.41, 5.74) is 0.445. The molecular weight excluding hydrogens is 172 g/mol. The van der Waals surface area contributed by atoms with Crippen molar-refractivity contribution in [2.45, 2.75) is 6.10 Å². The molecule has 1 heterocycles. The first kappa shape index (κ1) is 8.19. The molecule has 0 aromatic heterocycles. The lowest BCUT2D eigenvalue weighted by Gasteiger charge is -2.06. The second-order valence-corrected chi connectivity index (χ2v) is 2.89. The first-order valence-electron chi connectivity index (χ1n) is 3.94. The van der Waals surface area contributed by atoms with Crippen LogP contribution in [0.3, 0.4) is 0 Å². The van der Waals surface area contributed by atoms with E-state index in [0.717, 1.165) is 0 Å². The average molecular weight is 182 g/mol. The van der Waals surface area contributed by atoms with E-state index in [9.17, 15) is 10.2 Å². The van der Waals surface area contributed by atoms with Gasteiger partial charge in [-0.1, -0.05) is 0 Å². The number of methoxy groups -OCH3 is 1. The molecule has 1 aromatic rings. The number of phenolic OH excluding ortho intramolecular Hbond substituents is 1. The Morgan fingerprint density at radius 1 is 1.54 bits per heavy atom. The van der Waals surface area contributed by atoms with Crippen LogP contribution >= 0.6 is 0 Å². The van der Waals surface area contributed by atoms with Gasteiger partial charge in [-0.2, -0.15) is 0 Å². The average Bonchev–Trinajstić information content (AvgIpc) is 2.48. The van der Waals surface area contributed by atoms with Crippen LogP contribution in [0, 0.1) is 0 Å². The first-order valence-corrected chi connectivity index (χ1v) is 3.94. The Morgan fingerprint density at radius 3 is 3.00 bits per heavy atom. The van der Waals surface area contributed by atoms with Gasteiger partial charge in [0, 0.05) is 12.1 Å². The molecule has 70 valence electrons. The van der Waals surface area contributed by atoms with Crippen molar-refractivity contribution in [1.29, 1.82) is 0 Å². The van der Waals surface area contributed by atoms with Gasteiger partial charge in [-0.3, -0.25) is 0 Å². The van der Waals surface area contributed by atoms with Crippen LogP contribution in [-0.2, 0) is 0 Å². The van der Waals surface area contributed by atoms with Crippen molar-refractivity contribution in [1.82, 2.24) is 0 Å². The highest BCUT2D eigenvalue weighted by molar-refractivity contribution is 5.52. The van der Waals surface area contributed by atoms with Gasteiger partial charge in [0.1, 0.15) is 30.0 Å². The minimum Gasteiger partial charge on any atom is -0.507 e. The highest BCUT2D eigenvalue weighted by atomic mass is 16.5. The van der Waals surface area contributed by atoms with Crippen LogP contribution in [0.4, 0.5) is 0 Å². The number of rotatable bonds is 1. The van der Waals surface area contributed by atoms with Crippen LogP contribution in [0.15, 0.2) is 12.1 Å². The van der Waals surface area contributed by atoms with Crippen molar-refractivity contribution in [3.05, 3.63) is 17.7 Å². The number of ether oxygens (including phenoxy) is 2. The Kier molecular flexibility index (Phi) is 1.77. The van der Waals surface area contributed by atoms with E-state index in [0.29, 0.717) is 17.1 Å². The molecule has 1 aromatic carbocycles. The molecule has 1 unspecified atom stereocenters. The van der Waals surface area contributed by atoms with Crippen molar-refractivity contribution in [3.8, 4) is 17.2 Å². The van der Waals surface area contributed by atoms with Gasteiger partial charge in [-0.15, -0.1) is 0 Å². The van der Waals surface area contributed by atoms with E-state index in [-0.39, 0.29) is 12.4 Å². The Morgan fingerprint density at radius 2 is 2.31 bits per heavy atom. The van der Waals surface area contributed by atoms with Crippen LogP contribution in [0.2, 0.25) is 0 Å². The van der Waals surface area contributed by atoms with Gasteiger partial charge in [0.05, 0.1) is 12.7 Å². The maximum Gasteiger partial charge on any atom is 0.132 e. The summed E-state index contributed by atoms with van der Waals surface area (Å²) in [6.45, 7) is 0.191. The maximum atomic E-state index is 9.49. The fourth-order valence-corrected chi connectivity index (χ4v) is 1.41. The van der Waals surface area contributed by atoms with Crippen molar-refractivity contribution >= 4 is 0 Å². The number of hydrogen-bond acceptors (Lipinski definition) is 4. The fraction of sp³-hybridized carbons (Fsp3) is 0.333. The topological polar surface area (TPSA) is 58.9 Å². The lowest BCUT2D eigenvalue weighted by molar-refractivity contribution is 0.139. The first-order chi connectivity index (χ1) is 6.22. The molecule has 0 fully saturated rings. The third-order valence-electron chi connectivity index (χ3n) is 2.06. The van der Waals surface area contributed by atoms with E-state index in [1.54, 1.807) is 6.07 Å². The van der Waals surface area contributed by atoms with Gasteiger partial charge in [-0.05, 0) is 0 Å². The summed E-state index contributed by atoms with van der Waals surface area (Å²) in [7, 11) is 1.51. The normalized spacial score (nSPS) is 19.4. The molecule has 0 saturated heterocycles. The zero-order chi connectivity index (χ0) is 9.42. The van der Waals surface area contributed by atoms with E-state index in [1.807, 2.05) is 0 Å². The summed E-state index contributed by atoms with van der Waals surface area (Å²) in [6, 6.07) is 3.10. The minimum atomic E-state index is -0.735. The molecule has 0 spiro atoms. The van der Waals surface area contributed by atoms with Crippen molar-refractivity contribution < 1.29 is 19.7 Å². The molecule has 0 aliphatic carbocycles. The van der Waals surface area contributed by atoms with E-state index in [4.69, 9.17) is 9.47 Å². The largest absolute Gasteiger partial charge is 0.507 e. The quantitative estimate of drug-likeness (QED) is 0.675. The van der Waals surface area contributed by atoms with E-state index >= 15 is 0 Å². The molecule has 2 rings (SSSR count). The highest BCUT2D eigenvalue weighted by Crippen LogP contribution is 2.41. The predicted octanol–water partition coefficient (Wildman–Crippen LogP) is 0.827. The van der Waals surface area contributed by atoms with Crippen LogP contribution in [0.25, 0.3) is 0 Å². The summed E-state index contributed by atoms with van der Waals surface area (Å²) < 4.78 is 10.1. The molecule has 0 saturated carbocycles. The van der Waals surface area contributed by atoms with Crippen molar-refractivity contribution in [3.63, 3.8) is 0 Å². The summed E-state index contributed by atoms with van der Waals surface area (Å²) in [6.07, 6.45) is -0.735. The van der Waals surface area contributed by atoms with Gasteiger partial charge < -0.3 is 19.7 Å². The molecule has 0 amide bonds. The SMILES string of the molecule is COc1cc(O)c2c(c1)OCC2O. The Labute approximate surface area is 75.3 Å². The minimum absolute atomic E-state index is 0.0133. The Bertz CT molecular complexity index is 335. The van der Waals surface area contributed by atoms with Crippen molar-refractivity contribution in [2.75, 3.05) is 13.7 Å². The second kappa shape index (κ2) is 2.81. The number of fused-ring (bicyclic) bond motifs is 1. The van der Waals surface area contributed by atoms with Gasteiger partial charge in [0.2, 0.25) is 0 Å². The lowest BCUT2D eigenvalue weighted by atomic mass is 10.1. The summed E-state index contributed by atoms with van der Waals surface area (Å²) >= 11 is 0. The lowest BCUT2D eigenvalue weighted by Crippen LogP contribution is -1.97. The van der Waals surface area contributed by atoms with Gasteiger partial charge in [0.15, 0.2) is 0 Å². The maximum absolute atomic E-state index is 9.49. The summed E-state index contributed by atoms with van der Waals surface area (Å²) in [5.74, 6) is 1.02. The highest BCUT2D eigenvalue weighted by Gasteiger charge is 2.26. The third-order valence-corrected chi connectivity index (χ3v) is 2.06. The molecule has 4 heteroatoms. The standard InChI is InChI=1S/C9H10O4/c1-12-5-2-6(10)9-7(11)4-13-8(9)3-5/h2-3,7,10-11H,4H2,1H3. The molecular formula is C9H10O4. The summed E-state index contributed by atoms with van der Waals surface area (Å²) in [4.78, 5) is 0. The van der Waals surface area contributed by atoms with Gasteiger partial charge in [-0.25, -0.2) is 0 Å². The van der Waals surface area contributed by atoms with Gasteiger partial charge in [0.25, 0.3) is 0 Å². The third kappa shape index (κ3) is 1.19. The van der Waals surface area contributed by atoms with Crippen LogP contribution < -0.4 is 9.47 Å². The molecule has 13 heavy (non-hydrogen) atoms. The fourth-order valence-electron chi connectivity index (χ4n) is 1.41. The zero-order valence-corrected chi connectivity index (χ0v) is 7.15. The number of hydrogen-bond donors (Lipinski definition) is 2. The number of aromatic hydroxyl groups is 1. The van der Waals surface area contributed by atoms with Crippen LogP contribution in [0.1, 0.15) is 11.7 Å². The smallest absolute Gasteiger partial charge is 0.132 e. The molecule has 0 radical (unpaired) electrons. The second-order valence-electron chi connectivity index (χ2n) is 2.89. The number of aliphatic hydroxyl groups is 1. The number of phenols is 1.